The van der Waals surface area contributed by atoms with Gasteiger partial charge in [0.2, 0.25) is 5.88 Å². The molecule has 0 aliphatic carbocycles. The summed E-state index contributed by atoms with van der Waals surface area (Å²) in [5, 5.41) is 0.0460. The van der Waals surface area contributed by atoms with Gasteiger partial charge < -0.3 is 8.92 Å². The van der Waals surface area contributed by atoms with Crippen LogP contribution in [0.2, 0.25) is 10.0 Å². The highest BCUT2D eigenvalue weighted by Gasteiger charge is 2.21. The highest BCUT2D eigenvalue weighted by Crippen LogP contribution is 2.31. The van der Waals surface area contributed by atoms with E-state index in [-0.39, 0.29) is 20.7 Å². The van der Waals surface area contributed by atoms with E-state index < -0.39 is 10.1 Å². The topological polar surface area (TPSA) is 65.5 Å². The highest BCUT2D eigenvalue weighted by molar-refractivity contribution is 7.87. The van der Waals surface area contributed by atoms with E-state index in [1.165, 1.54) is 30.3 Å². The van der Waals surface area contributed by atoms with Crippen LogP contribution in [0.15, 0.2) is 71.8 Å². The summed E-state index contributed by atoms with van der Waals surface area (Å²) in [6.07, 6.45) is 1.61. The minimum absolute atomic E-state index is 0.0840. The van der Waals surface area contributed by atoms with Crippen LogP contribution in [0.1, 0.15) is 0 Å². The van der Waals surface area contributed by atoms with E-state index in [2.05, 4.69) is 4.98 Å². The van der Waals surface area contributed by atoms with Crippen LogP contribution < -0.4 is 8.92 Å². The van der Waals surface area contributed by atoms with E-state index in [1.807, 2.05) is 0 Å². The maximum atomic E-state index is 12.3. The van der Waals surface area contributed by atoms with Gasteiger partial charge in [0.25, 0.3) is 0 Å². The first kappa shape index (κ1) is 17.5. The third-order valence-electron chi connectivity index (χ3n) is 3.08. The molecular formula is C17H11Cl2NO4S. The van der Waals surface area contributed by atoms with Crippen molar-refractivity contribution in [1.29, 1.82) is 0 Å². The zero-order valence-corrected chi connectivity index (χ0v) is 14.9. The number of rotatable bonds is 5. The molecule has 1 aromatic heterocycles. The van der Waals surface area contributed by atoms with Crippen LogP contribution >= 0.6 is 23.2 Å². The summed E-state index contributed by atoms with van der Waals surface area (Å²) < 4.78 is 35.3. The molecule has 0 radical (unpaired) electrons. The van der Waals surface area contributed by atoms with Gasteiger partial charge in [-0.3, -0.25) is 0 Å². The molecule has 0 fully saturated rings. The average Bonchev–Trinajstić information content (AvgIpc) is 2.59. The van der Waals surface area contributed by atoms with Crippen LogP contribution in [0.25, 0.3) is 0 Å². The standard InChI is InChI=1S/C17H11Cl2NO4S/c18-14-4-3-5-15(17(14)19)25(21,22)24-13-9-7-12(8-10-13)23-16-6-1-2-11-20-16/h1-11H. The Morgan fingerprint density at radius 3 is 2.24 bits per heavy atom. The van der Waals surface area contributed by atoms with Crippen LogP contribution in [-0.4, -0.2) is 13.4 Å². The molecule has 0 saturated carbocycles. The first-order chi connectivity index (χ1) is 12.0. The lowest BCUT2D eigenvalue weighted by molar-refractivity contribution is 0.459. The van der Waals surface area contributed by atoms with E-state index in [9.17, 15) is 8.42 Å². The molecule has 1 heterocycles. The van der Waals surface area contributed by atoms with Gasteiger partial charge in [-0.15, -0.1) is 0 Å². The number of halogens is 2. The molecule has 0 bridgehead atoms. The Morgan fingerprint density at radius 1 is 0.840 bits per heavy atom. The number of hydrogen-bond acceptors (Lipinski definition) is 5. The quantitative estimate of drug-likeness (QED) is 0.571. The second-order valence-corrected chi connectivity index (χ2v) is 7.13. The molecule has 25 heavy (non-hydrogen) atoms. The molecule has 0 unspecified atom stereocenters. The Labute approximate surface area is 154 Å². The van der Waals surface area contributed by atoms with Crippen molar-refractivity contribution in [3.8, 4) is 17.4 Å². The molecule has 8 heteroatoms. The molecule has 0 amide bonds. The lowest BCUT2D eigenvalue weighted by atomic mass is 10.3. The van der Waals surface area contributed by atoms with Crippen molar-refractivity contribution in [2.45, 2.75) is 4.90 Å². The highest BCUT2D eigenvalue weighted by atomic mass is 35.5. The molecule has 0 saturated heterocycles. The molecule has 3 rings (SSSR count). The van der Waals surface area contributed by atoms with Gasteiger partial charge in [0.1, 0.15) is 16.4 Å². The van der Waals surface area contributed by atoms with Gasteiger partial charge in [0.15, 0.2) is 0 Å². The fourth-order valence-electron chi connectivity index (χ4n) is 1.94. The molecule has 3 aromatic rings. The van der Waals surface area contributed by atoms with Crippen molar-refractivity contribution >= 4 is 33.3 Å². The summed E-state index contributed by atoms with van der Waals surface area (Å²) >= 11 is 11.8. The molecule has 0 aliphatic heterocycles. The summed E-state index contributed by atoms with van der Waals surface area (Å²) in [4.78, 5) is 3.84. The predicted octanol–water partition coefficient (Wildman–Crippen LogP) is 4.95. The smallest absolute Gasteiger partial charge is 0.340 e. The molecule has 0 atom stereocenters. The Kier molecular flexibility index (Phi) is 5.13. The summed E-state index contributed by atoms with van der Waals surface area (Å²) in [6, 6.07) is 15.6. The lowest BCUT2D eigenvalue weighted by Gasteiger charge is -2.10. The van der Waals surface area contributed by atoms with Gasteiger partial charge in [0.05, 0.1) is 10.0 Å². The maximum Gasteiger partial charge on any atom is 0.340 e. The van der Waals surface area contributed by atoms with Gasteiger partial charge in [-0.1, -0.05) is 35.3 Å². The molecule has 128 valence electrons. The van der Waals surface area contributed by atoms with Crippen LogP contribution in [0.3, 0.4) is 0 Å². The lowest BCUT2D eigenvalue weighted by Crippen LogP contribution is -2.10. The van der Waals surface area contributed by atoms with E-state index in [4.69, 9.17) is 32.1 Å². The summed E-state index contributed by atoms with van der Waals surface area (Å²) in [6.45, 7) is 0. The van der Waals surface area contributed by atoms with Gasteiger partial charge in [0, 0.05) is 12.3 Å². The monoisotopic (exact) mass is 395 g/mol. The number of nitrogens with zero attached hydrogens (tertiary/aromatic N) is 1. The Balaban J connectivity index is 1.78. The summed E-state index contributed by atoms with van der Waals surface area (Å²) in [5.41, 5.74) is 0. The van der Waals surface area contributed by atoms with Gasteiger partial charge >= 0.3 is 10.1 Å². The van der Waals surface area contributed by atoms with Crippen LogP contribution in [-0.2, 0) is 10.1 Å². The fraction of sp³-hybridized carbons (Fsp3) is 0. The van der Waals surface area contributed by atoms with E-state index >= 15 is 0 Å². The van der Waals surface area contributed by atoms with Crippen LogP contribution in [0.5, 0.6) is 17.4 Å². The van der Waals surface area contributed by atoms with Crippen molar-refractivity contribution in [2.75, 3.05) is 0 Å². The Hall–Kier alpha value is -2.28. The zero-order chi connectivity index (χ0) is 17.9. The SMILES string of the molecule is O=S(=O)(Oc1ccc(Oc2ccccn2)cc1)c1cccc(Cl)c1Cl. The van der Waals surface area contributed by atoms with Crippen molar-refractivity contribution in [3.63, 3.8) is 0 Å². The fourth-order valence-corrected chi connectivity index (χ4v) is 3.61. The zero-order valence-electron chi connectivity index (χ0n) is 12.6. The normalized spacial score (nSPS) is 11.1. The first-order valence-corrected chi connectivity index (χ1v) is 9.19. The predicted molar refractivity (Wildman–Crippen MR) is 95.0 cm³/mol. The Morgan fingerprint density at radius 2 is 1.56 bits per heavy atom. The van der Waals surface area contributed by atoms with Crippen LogP contribution in [0.4, 0.5) is 0 Å². The number of benzene rings is 2. The molecule has 0 spiro atoms. The molecular weight excluding hydrogens is 385 g/mol. The molecule has 2 aromatic carbocycles. The van der Waals surface area contributed by atoms with Crippen molar-refractivity contribution in [3.05, 3.63) is 76.9 Å². The van der Waals surface area contributed by atoms with E-state index in [0.717, 1.165) is 0 Å². The average molecular weight is 396 g/mol. The van der Waals surface area contributed by atoms with E-state index in [0.29, 0.717) is 11.6 Å². The first-order valence-electron chi connectivity index (χ1n) is 7.03. The Bertz CT molecular complexity index is 977. The van der Waals surface area contributed by atoms with Gasteiger partial charge in [-0.25, -0.2) is 4.98 Å². The number of hydrogen-bond donors (Lipinski definition) is 0. The third kappa shape index (κ3) is 4.22. The summed E-state index contributed by atoms with van der Waals surface area (Å²) in [7, 11) is -4.11. The van der Waals surface area contributed by atoms with Crippen LogP contribution in [0, 0.1) is 0 Å². The van der Waals surface area contributed by atoms with Crippen molar-refractivity contribution in [2.24, 2.45) is 0 Å². The van der Waals surface area contributed by atoms with E-state index in [1.54, 1.807) is 36.5 Å². The minimum Gasteiger partial charge on any atom is -0.439 e. The molecule has 0 N–H and O–H groups in total. The third-order valence-corrected chi connectivity index (χ3v) is 5.30. The number of ether oxygens (including phenoxy) is 1. The second kappa shape index (κ2) is 7.31. The van der Waals surface area contributed by atoms with Crippen molar-refractivity contribution < 1.29 is 17.3 Å². The summed E-state index contributed by atoms with van der Waals surface area (Å²) in [5.74, 6) is 1.03. The van der Waals surface area contributed by atoms with Gasteiger partial charge in [-0.05, 0) is 42.5 Å². The molecule has 5 nitrogen and oxygen atoms in total. The largest absolute Gasteiger partial charge is 0.439 e. The minimum atomic E-state index is -4.11. The number of pyridine rings is 1. The maximum absolute atomic E-state index is 12.3. The van der Waals surface area contributed by atoms with Gasteiger partial charge in [-0.2, -0.15) is 8.42 Å². The second-order valence-electron chi connectivity index (χ2n) is 4.83. The number of aromatic nitrogens is 1. The molecule has 0 aliphatic rings. The van der Waals surface area contributed by atoms with Crippen molar-refractivity contribution in [1.82, 2.24) is 4.98 Å².